The average molecular weight is 329 g/mol. The van der Waals surface area contributed by atoms with E-state index in [1.807, 2.05) is 6.07 Å². The van der Waals surface area contributed by atoms with E-state index in [0.29, 0.717) is 6.42 Å². The maximum atomic E-state index is 12.3. The van der Waals surface area contributed by atoms with E-state index in [0.717, 1.165) is 19.3 Å². The minimum Gasteiger partial charge on any atom is -0.393 e. The minimum absolute atomic E-state index is 0.0837. The van der Waals surface area contributed by atoms with Crippen molar-refractivity contribution in [2.45, 2.75) is 36.7 Å². The van der Waals surface area contributed by atoms with E-state index in [1.54, 1.807) is 0 Å². The molecule has 1 aliphatic rings. The van der Waals surface area contributed by atoms with E-state index in [9.17, 15) is 13.5 Å². The molecule has 0 aromatic heterocycles. The second kappa shape index (κ2) is 6.75. The van der Waals surface area contributed by atoms with Crippen LogP contribution in [0.5, 0.6) is 0 Å². The zero-order chi connectivity index (χ0) is 15.5. The first-order valence-corrected chi connectivity index (χ1v) is 8.66. The van der Waals surface area contributed by atoms with Gasteiger partial charge in [-0.15, -0.1) is 0 Å². The summed E-state index contributed by atoms with van der Waals surface area (Å²) in [5, 5.41) is 18.5. The number of aliphatic hydroxyl groups excluding tert-OH is 1. The highest BCUT2D eigenvalue weighted by atomic mass is 35.5. The van der Waals surface area contributed by atoms with Gasteiger partial charge in [0.05, 0.1) is 22.8 Å². The Bertz CT molecular complexity index is 655. The second-order valence-corrected chi connectivity index (χ2v) is 7.44. The fraction of sp³-hybridized carbons (Fsp3) is 0.500. The van der Waals surface area contributed by atoms with Crippen LogP contribution in [0.3, 0.4) is 0 Å². The second-order valence-electron chi connectivity index (χ2n) is 5.30. The average Bonchev–Trinajstić information content (AvgIpc) is 2.46. The van der Waals surface area contributed by atoms with Gasteiger partial charge in [-0.3, -0.25) is 0 Å². The number of benzene rings is 1. The molecular formula is C14H17ClN2O3S. The Balaban J connectivity index is 2.10. The predicted molar refractivity (Wildman–Crippen MR) is 79.3 cm³/mol. The summed E-state index contributed by atoms with van der Waals surface area (Å²) >= 11 is 5.91. The maximum absolute atomic E-state index is 12.3. The van der Waals surface area contributed by atoms with E-state index in [2.05, 4.69) is 4.72 Å². The number of aliphatic hydroxyl groups is 1. The van der Waals surface area contributed by atoms with Gasteiger partial charge in [0, 0.05) is 6.54 Å². The molecule has 7 heteroatoms. The largest absolute Gasteiger partial charge is 0.393 e. The molecule has 1 saturated carbocycles. The third-order valence-corrected chi connectivity index (χ3v) is 5.57. The number of nitriles is 1. The van der Waals surface area contributed by atoms with Crippen molar-refractivity contribution in [3.63, 3.8) is 0 Å². The molecule has 0 amide bonds. The van der Waals surface area contributed by atoms with Gasteiger partial charge in [-0.05, 0) is 43.4 Å². The lowest BCUT2D eigenvalue weighted by atomic mass is 9.87. The Kier molecular flexibility index (Phi) is 5.22. The van der Waals surface area contributed by atoms with Crippen molar-refractivity contribution < 1.29 is 13.5 Å². The van der Waals surface area contributed by atoms with Gasteiger partial charge >= 0.3 is 0 Å². The van der Waals surface area contributed by atoms with Crippen LogP contribution in [0.1, 0.15) is 31.2 Å². The molecular weight excluding hydrogens is 312 g/mol. The molecule has 2 unspecified atom stereocenters. The van der Waals surface area contributed by atoms with E-state index >= 15 is 0 Å². The zero-order valence-electron chi connectivity index (χ0n) is 11.4. The Morgan fingerprint density at radius 1 is 1.43 bits per heavy atom. The first kappa shape index (κ1) is 16.2. The van der Waals surface area contributed by atoms with Crippen LogP contribution in [0.15, 0.2) is 23.1 Å². The van der Waals surface area contributed by atoms with Crippen molar-refractivity contribution in [3.8, 4) is 6.07 Å². The quantitative estimate of drug-likeness (QED) is 0.885. The first-order valence-electron chi connectivity index (χ1n) is 6.80. The molecule has 0 spiro atoms. The predicted octanol–water partition coefficient (Wildman–Crippen LogP) is 2.04. The summed E-state index contributed by atoms with van der Waals surface area (Å²) in [7, 11) is -3.76. The monoisotopic (exact) mass is 328 g/mol. The Hall–Kier alpha value is -1.13. The number of sulfonamides is 1. The van der Waals surface area contributed by atoms with Gasteiger partial charge in [-0.2, -0.15) is 5.26 Å². The summed E-state index contributed by atoms with van der Waals surface area (Å²) in [6.07, 6.45) is 2.83. The molecule has 0 aliphatic heterocycles. The SMILES string of the molecule is N#Cc1ccc(Cl)c(S(=O)(=O)NCC2CCCC(O)C2)c1. The molecule has 1 aromatic rings. The molecule has 5 nitrogen and oxygen atoms in total. The van der Waals surface area contributed by atoms with Crippen molar-refractivity contribution in [2.24, 2.45) is 5.92 Å². The lowest BCUT2D eigenvalue weighted by molar-refractivity contribution is 0.102. The van der Waals surface area contributed by atoms with E-state index in [1.165, 1.54) is 18.2 Å². The number of nitrogens with one attached hydrogen (secondary N) is 1. The highest BCUT2D eigenvalue weighted by Gasteiger charge is 2.24. The van der Waals surface area contributed by atoms with Gasteiger partial charge in [-0.25, -0.2) is 13.1 Å². The maximum Gasteiger partial charge on any atom is 0.242 e. The molecule has 1 fully saturated rings. The van der Waals surface area contributed by atoms with Gasteiger partial charge < -0.3 is 5.11 Å². The highest BCUT2D eigenvalue weighted by molar-refractivity contribution is 7.89. The molecule has 1 aliphatic carbocycles. The van der Waals surface area contributed by atoms with Crippen molar-refractivity contribution in [3.05, 3.63) is 28.8 Å². The van der Waals surface area contributed by atoms with Crippen LogP contribution >= 0.6 is 11.6 Å². The zero-order valence-corrected chi connectivity index (χ0v) is 13.0. The summed E-state index contributed by atoms with van der Waals surface area (Å²) in [6, 6.07) is 6.03. The summed E-state index contributed by atoms with van der Waals surface area (Å²) < 4.78 is 27.1. The van der Waals surface area contributed by atoms with Crippen molar-refractivity contribution in [1.82, 2.24) is 4.72 Å². The third kappa shape index (κ3) is 4.17. The Morgan fingerprint density at radius 2 is 2.19 bits per heavy atom. The molecule has 0 bridgehead atoms. The van der Waals surface area contributed by atoms with E-state index < -0.39 is 10.0 Å². The number of rotatable bonds is 4. The van der Waals surface area contributed by atoms with E-state index in [4.69, 9.17) is 16.9 Å². The molecule has 0 heterocycles. The van der Waals surface area contributed by atoms with Gasteiger partial charge in [-0.1, -0.05) is 18.0 Å². The van der Waals surface area contributed by atoms with Crippen molar-refractivity contribution in [2.75, 3.05) is 6.54 Å². The normalized spacial score (nSPS) is 22.7. The number of nitrogens with zero attached hydrogens (tertiary/aromatic N) is 1. The van der Waals surface area contributed by atoms with Gasteiger partial charge in [0.2, 0.25) is 10.0 Å². The Morgan fingerprint density at radius 3 is 2.86 bits per heavy atom. The lowest BCUT2D eigenvalue weighted by Gasteiger charge is -2.25. The summed E-state index contributed by atoms with van der Waals surface area (Å²) in [5.74, 6) is 0.126. The number of hydrogen-bond donors (Lipinski definition) is 2. The van der Waals surface area contributed by atoms with Crippen LogP contribution < -0.4 is 4.72 Å². The minimum atomic E-state index is -3.76. The van der Waals surface area contributed by atoms with Crippen LogP contribution in [0.25, 0.3) is 0 Å². The molecule has 1 aromatic carbocycles. The first-order chi connectivity index (χ1) is 9.92. The number of hydrogen-bond acceptors (Lipinski definition) is 4. The van der Waals surface area contributed by atoms with Gasteiger partial charge in [0.1, 0.15) is 4.90 Å². The molecule has 2 N–H and O–H groups in total. The summed E-state index contributed by atoms with van der Waals surface area (Å²) in [4.78, 5) is -0.0837. The fourth-order valence-electron chi connectivity index (χ4n) is 2.53. The molecule has 114 valence electrons. The van der Waals surface area contributed by atoms with E-state index in [-0.39, 0.29) is 34.0 Å². The summed E-state index contributed by atoms with van der Waals surface area (Å²) in [6.45, 7) is 0.270. The van der Waals surface area contributed by atoms with Crippen molar-refractivity contribution in [1.29, 1.82) is 5.26 Å². The number of halogens is 1. The smallest absolute Gasteiger partial charge is 0.242 e. The highest BCUT2D eigenvalue weighted by Crippen LogP contribution is 2.25. The third-order valence-electron chi connectivity index (χ3n) is 3.67. The molecule has 2 rings (SSSR count). The van der Waals surface area contributed by atoms with Crippen LogP contribution in [0, 0.1) is 17.2 Å². The standard InChI is InChI=1S/C14H17ClN2O3S/c15-13-5-4-10(8-16)7-14(13)21(19,20)17-9-11-2-1-3-12(18)6-11/h4-5,7,11-12,17-18H,1-3,6,9H2. The molecule has 21 heavy (non-hydrogen) atoms. The molecule has 0 saturated heterocycles. The Labute approximate surface area is 129 Å². The molecule has 2 atom stereocenters. The van der Waals surface area contributed by atoms with Crippen LogP contribution in [0.2, 0.25) is 5.02 Å². The molecule has 0 radical (unpaired) electrons. The van der Waals surface area contributed by atoms with Crippen LogP contribution in [-0.2, 0) is 10.0 Å². The lowest BCUT2D eigenvalue weighted by Crippen LogP contribution is -2.33. The van der Waals surface area contributed by atoms with Gasteiger partial charge in [0.15, 0.2) is 0 Å². The fourth-order valence-corrected chi connectivity index (χ4v) is 4.17. The van der Waals surface area contributed by atoms with Gasteiger partial charge in [0.25, 0.3) is 0 Å². The van der Waals surface area contributed by atoms with Crippen molar-refractivity contribution >= 4 is 21.6 Å². The topological polar surface area (TPSA) is 90.2 Å². The van der Waals surface area contributed by atoms with Crippen LogP contribution in [0.4, 0.5) is 0 Å². The van der Waals surface area contributed by atoms with Crippen LogP contribution in [-0.4, -0.2) is 26.2 Å². The summed E-state index contributed by atoms with van der Waals surface area (Å²) in [5.41, 5.74) is 0.243.